The van der Waals surface area contributed by atoms with Gasteiger partial charge in [0.05, 0.1) is 6.54 Å². The van der Waals surface area contributed by atoms with Crippen molar-refractivity contribution in [2.24, 2.45) is 0 Å². The fraction of sp³-hybridized carbons (Fsp3) is 0.455. The minimum Gasteiger partial charge on any atom is -0.361 e. The van der Waals surface area contributed by atoms with Crippen molar-refractivity contribution in [3.63, 3.8) is 0 Å². The molecule has 1 aliphatic rings. The third kappa shape index (κ3) is 3.23. The summed E-state index contributed by atoms with van der Waals surface area (Å²) in [7, 11) is 0. The summed E-state index contributed by atoms with van der Waals surface area (Å²) in [5.74, 6) is 0.784. The predicted molar refractivity (Wildman–Crippen MR) is 58.6 cm³/mol. The number of carbonyl (C=O) groups excluding carboxylic acids is 1. The van der Waals surface area contributed by atoms with Gasteiger partial charge < -0.3 is 10.6 Å². The van der Waals surface area contributed by atoms with Gasteiger partial charge >= 0.3 is 0 Å². The number of aryl methyl sites for hydroxylation is 1. The third-order valence-corrected chi connectivity index (χ3v) is 2.28. The minimum atomic E-state index is 0.0416. The van der Waals surface area contributed by atoms with Crippen LogP contribution in [0.4, 0.5) is 5.82 Å². The maximum atomic E-state index is 11.3. The Hall–Kier alpha value is -1.58. The van der Waals surface area contributed by atoms with Crippen LogP contribution in [0.3, 0.4) is 0 Å². The average Bonchev–Trinajstić information content (AvgIpc) is 3.01. The van der Waals surface area contributed by atoms with Crippen molar-refractivity contribution in [3.8, 4) is 0 Å². The molecule has 1 aliphatic carbocycles. The molecule has 15 heavy (non-hydrogen) atoms. The molecule has 0 aromatic carbocycles. The molecule has 80 valence electrons. The van der Waals surface area contributed by atoms with Gasteiger partial charge in [-0.3, -0.25) is 4.79 Å². The molecule has 0 saturated heterocycles. The molecule has 0 unspecified atom stereocenters. The van der Waals surface area contributed by atoms with Crippen LogP contribution in [-0.4, -0.2) is 23.5 Å². The Morgan fingerprint density at radius 1 is 1.53 bits per heavy atom. The number of anilines is 1. The molecule has 1 fully saturated rings. The first kappa shape index (κ1) is 9.96. The van der Waals surface area contributed by atoms with Crippen molar-refractivity contribution < 1.29 is 4.79 Å². The Morgan fingerprint density at radius 2 is 2.33 bits per heavy atom. The van der Waals surface area contributed by atoms with Gasteiger partial charge in [-0.25, -0.2) is 4.98 Å². The van der Waals surface area contributed by atoms with Crippen LogP contribution in [0.2, 0.25) is 0 Å². The lowest BCUT2D eigenvalue weighted by atomic mass is 10.3. The van der Waals surface area contributed by atoms with E-state index >= 15 is 0 Å². The lowest BCUT2D eigenvalue weighted by Crippen LogP contribution is -2.31. The molecule has 0 spiro atoms. The molecule has 4 nitrogen and oxygen atoms in total. The lowest BCUT2D eigenvalue weighted by molar-refractivity contribution is -0.119. The summed E-state index contributed by atoms with van der Waals surface area (Å²) in [6.45, 7) is 2.28. The molecular weight excluding hydrogens is 190 g/mol. The molecular formula is C11H15N3O. The highest BCUT2D eigenvalue weighted by atomic mass is 16.2. The molecule has 0 atom stereocenters. The van der Waals surface area contributed by atoms with Crippen LogP contribution in [0.1, 0.15) is 18.4 Å². The van der Waals surface area contributed by atoms with E-state index in [1.807, 2.05) is 19.1 Å². The zero-order valence-corrected chi connectivity index (χ0v) is 8.79. The fourth-order valence-corrected chi connectivity index (χ4v) is 1.25. The van der Waals surface area contributed by atoms with Crippen molar-refractivity contribution in [1.29, 1.82) is 0 Å². The fourth-order valence-electron chi connectivity index (χ4n) is 1.25. The summed E-state index contributed by atoms with van der Waals surface area (Å²) >= 11 is 0. The van der Waals surface area contributed by atoms with Gasteiger partial charge in [0.2, 0.25) is 5.91 Å². The number of hydrogen-bond acceptors (Lipinski definition) is 3. The van der Waals surface area contributed by atoms with Crippen molar-refractivity contribution >= 4 is 11.7 Å². The molecule has 0 radical (unpaired) electrons. The summed E-state index contributed by atoms with van der Waals surface area (Å²) in [6, 6.07) is 4.26. The normalized spacial score (nSPS) is 14.7. The highest BCUT2D eigenvalue weighted by Gasteiger charge is 2.22. The van der Waals surface area contributed by atoms with Gasteiger partial charge in [-0.2, -0.15) is 0 Å². The number of amides is 1. The van der Waals surface area contributed by atoms with E-state index in [1.54, 1.807) is 6.20 Å². The molecule has 0 aliphatic heterocycles. The molecule has 1 aromatic rings. The second kappa shape index (κ2) is 4.29. The smallest absolute Gasteiger partial charge is 0.239 e. The number of nitrogens with zero attached hydrogens (tertiary/aromatic N) is 1. The number of pyridine rings is 1. The Balaban J connectivity index is 1.76. The van der Waals surface area contributed by atoms with E-state index < -0.39 is 0 Å². The molecule has 0 bridgehead atoms. The summed E-state index contributed by atoms with van der Waals surface area (Å²) in [5, 5.41) is 5.89. The van der Waals surface area contributed by atoms with Crippen LogP contribution in [0.5, 0.6) is 0 Å². The first-order chi connectivity index (χ1) is 7.24. The Morgan fingerprint density at radius 3 is 2.93 bits per heavy atom. The lowest BCUT2D eigenvalue weighted by Gasteiger charge is -2.05. The van der Waals surface area contributed by atoms with Gasteiger partial charge in [0.1, 0.15) is 5.82 Å². The van der Waals surface area contributed by atoms with Gasteiger partial charge in [0.25, 0.3) is 0 Å². The molecule has 4 heteroatoms. The van der Waals surface area contributed by atoms with Crippen molar-refractivity contribution in [2.75, 3.05) is 11.9 Å². The van der Waals surface area contributed by atoms with Gasteiger partial charge in [0.15, 0.2) is 0 Å². The number of rotatable bonds is 4. The largest absolute Gasteiger partial charge is 0.361 e. The van der Waals surface area contributed by atoms with Crippen molar-refractivity contribution in [3.05, 3.63) is 23.9 Å². The maximum Gasteiger partial charge on any atom is 0.239 e. The van der Waals surface area contributed by atoms with E-state index in [1.165, 1.54) is 0 Å². The number of hydrogen-bond donors (Lipinski definition) is 2. The van der Waals surface area contributed by atoms with E-state index in [2.05, 4.69) is 15.6 Å². The molecule has 1 aromatic heterocycles. The van der Waals surface area contributed by atoms with Crippen LogP contribution in [0, 0.1) is 6.92 Å². The van der Waals surface area contributed by atoms with Crippen LogP contribution < -0.4 is 10.6 Å². The number of nitrogens with one attached hydrogen (secondary N) is 2. The maximum absolute atomic E-state index is 11.3. The molecule has 2 N–H and O–H groups in total. The second-order valence-corrected chi connectivity index (χ2v) is 3.92. The minimum absolute atomic E-state index is 0.0416. The molecule has 2 rings (SSSR count). The Kier molecular flexibility index (Phi) is 2.85. The Labute approximate surface area is 89.1 Å². The highest BCUT2D eigenvalue weighted by Crippen LogP contribution is 2.18. The molecule has 1 saturated carbocycles. The second-order valence-electron chi connectivity index (χ2n) is 3.92. The standard InChI is InChI=1S/C11H15N3O/c1-8-2-5-10(12-6-8)13-7-11(15)14-9-3-4-9/h2,5-6,9H,3-4,7H2,1H3,(H,12,13)(H,14,15). The molecule has 1 heterocycles. The van der Waals surface area contributed by atoms with E-state index in [-0.39, 0.29) is 5.91 Å². The van der Waals surface area contributed by atoms with Crippen LogP contribution >= 0.6 is 0 Å². The third-order valence-electron chi connectivity index (χ3n) is 2.28. The van der Waals surface area contributed by atoms with Crippen LogP contribution in [0.15, 0.2) is 18.3 Å². The van der Waals surface area contributed by atoms with E-state index in [0.717, 1.165) is 24.2 Å². The molecule has 1 amide bonds. The van der Waals surface area contributed by atoms with Crippen molar-refractivity contribution in [1.82, 2.24) is 10.3 Å². The van der Waals surface area contributed by atoms with Gasteiger partial charge in [-0.15, -0.1) is 0 Å². The van der Waals surface area contributed by atoms with E-state index in [4.69, 9.17) is 0 Å². The zero-order valence-electron chi connectivity index (χ0n) is 8.79. The van der Waals surface area contributed by atoms with Crippen LogP contribution in [-0.2, 0) is 4.79 Å². The van der Waals surface area contributed by atoms with Crippen LogP contribution in [0.25, 0.3) is 0 Å². The topological polar surface area (TPSA) is 54.0 Å². The zero-order chi connectivity index (χ0) is 10.7. The van der Waals surface area contributed by atoms with Crippen molar-refractivity contribution in [2.45, 2.75) is 25.8 Å². The summed E-state index contributed by atoms with van der Waals surface area (Å²) in [6.07, 6.45) is 4.02. The highest BCUT2D eigenvalue weighted by molar-refractivity contribution is 5.80. The summed E-state index contributed by atoms with van der Waals surface area (Å²) < 4.78 is 0. The van der Waals surface area contributed by atoms with E-state index in [9.17, 15) is 4.79 Å². The average molecular weight is 205 g/mol. The van der Waals surface area contributed by atoms with Gasteiger partial charge in [-0.1, -0.05) is 6.07 Å². The van der Waals surface area contributed by atoms with E-state index in [0.29, 0.717) is 12.6 Å². The number of aromatic nitrogens is 1. The SMILES string of the molecule is Cc1ccc(NCC(=O)NC2CC2)nc1. The first-order valence-corrected chi connectivity index (χ1v) is 5.20. The summed E-state index contributed by atoms with van der Waals surface area (Å²) in [5.41, 5.74) is 1.11. The Bertz CT molecular complexity index is 343. The monoisotopic (exact) mass is 205 g/mol. The number of carbonyl (C=O) groups is 1. The quantitative estimate of drug-likeness (QED) is 0.773. The predicted octanol–water partition coefficient (Wildman–Crippen LogP) is 1.08. The summed E-state index contributed by atoms with van der Waals surface area (Å²) in [4.78, 5) is 15.5. The van der Waals surface area contributed by atoms with Gasteiger partial charge in [-0.05, 0) is 31.4 Å². The first-order valence-electron chi connectivity index (χ1n) is 5.20. The van der Waals surface area contributed by atoms with Gasteiger partial charge in [0, 0.05) is 12.2 Å².